The molecule has 0 radical (unpaired) electrons. The van der Waals surface area contributed by atoms with E-state index in [1.165, 1.54) is 27.6 Å². The Hall–Kier alpha value is -2.83. The second-order valence-corrected chi connectivity index (χ2v) is 7.89. The lowest BCUT2D eigenvalue weighted by molar-refractivity contribution is 0.0341. The van der Waals surface area contributed by atoms with E-state index in [9.17, 15) is 0 Å². The van der Waals surface area contributed by atoms with Crippen LogP contribution in [0.15, 0.2) is 59.7 Å². The minimum absolute atomic E-state index is 0.670. The number of fused-ring (bicyclic) bond motifs is 1. The van der Waals surface area contributed by atoms with Crippen molar-refractivity contribution in [1.29, 1.82) is 0 Å². The van der Waals surface area contributed by atoms with Crippen molar-refractivity contribution in [2.75, 3.05) is 39.4 Å². The second-order valence-electron chi connectivity index (χ2n) is 7.89. The highest BCUT2D eigenvalue weighted by Crippen LogP contribution is 2.18. The lowest BCUT2D eigenvalue weighted by Gasteiger charge is -2.27. The minimum atomic E-state index is 0.670. The first-order valence-corrected chi connectivity index (χ1v) is 11.3. The average molecular weight is 420 g/mol. The number of aromatic amines is 1. The molecular weight excluding hydrogens is 386 g/mol. The molecule has 0 atom stereocenters. The van der Waals surface area contributed by atoms with Crippen LogP contribution < -0.4 is 10.6 Å². The molecule has 0 bridgehead atoms. The predicted octanol–water partition coefficient (Wildman–Crippen LogP) is 3.30. The van der Waals surface area contributed by atoms with Crippen molar-refractivity contribution in [2.24, 2.45) is 4.99 Å². The predicted molar refractivity (Wildman–Crippen MR) is 127 cm³/mol. The van der Waals surface area contributed by atoms with Crippen LogP contribution in [0.4, 0.5) is 0 Å². The van der Waals surface area contributed by atoms with E-state index in [0.29, 0.717) is 6.54 Å². The van der Waals surface area contributed by atoms with Gasteiger partial charge in [0.1, 0.15) is 0 Å². The van der Waals surface area contributed by atoms with E-state index in [0.717, 1.165) is 58.3 Å². The Morgan fingerprint density at radius 2 is 1.77 bits per heavy atom. The van der Waals surface area contributed by atoms with Gasteiger partial charge in [-0.1, -0.05) is 42.5 Å². The minimum Gasteiger partial charge on any atom is -0.379 e. The fourth-order valence-corrected chi connectivity index (χ4v) is 4.03. The number of aromatic nitrogens is 1. The maximum Gasteiger partial charge on any atom is 0.191 e. The summed E-state index contributed by atoms with van der Waals surface area (Å²) in [5.74, 6) is 0.864. The highest BCUT2D eigenvalue weighted by Gasteiger charge is 2.12. The number of morpholine rings is 1. The summed E-state index contributed by atoms with van der Waals surface area (Å²) in [6, 6.07) is 17.1. The summed E-state index contributed by atoms with van der Waals surface area (Å²) in [7, 11) is 0. The van der Waals surface area contributed by atoms with E-state index in [1.807, 2.05) is 0 Å². The summed E-state index contributed by atoms with van der Waals surface area (Å²) in [5, 5.41) is 8.16. The number of nitrogens with zero attached hydrogens (tertiary/aromatic N) is 2. The van der Waals surface area contributed by atoms with Crippen molar-refractivity contribution in [2.45, 2.75) is 26.4 Å². The quantitative estimate of drug-likeness (QED) is 0.387. The summed E-state index contributed by atoms with van der Waals surface area (Å²) < 4.78 is 5.48. The summed E-state index contributed by atoms with van der Waals surface area (Å²) in [5.41, 5.74) is 5.15. The van der Waals surface area contributed by atoms with Crippen LogP contribution in [0.3, 0.4) is 0 Å². The maximum absolute atomic E-state index is 5.48. The molecule has 3 N–H and O–H groups in total. The number of para-hydroxylation sites is 1. The van der Waals surface area contributed by atoms with Gasteiger partial charge in [0.05, 0.1) is 19.8 Å². The number of H-pyrrole nitrogens is 1. The van der Waals surface area contributed by atoms with Gasteiger partial charge < -0.3 is 20.4 Å². The van der Waals surface area contributed by atoms with Gasteiger partial charge >= 0.3 is 0 Å². The summed E-state index contributed by atoms with van der Waals surface area (Å²) in [6.07, 6.45) is 3.06. The third-order valence-electron chi connectivity index (χ3n) is 5.73. The van der Waals surface area contributed by atoms with E-state index in [2.05, 4.69) is 82.2 Å². The van der Waals surface area contributed by atoms with Gasteiger partial charge in [0, 0.05) is 49.8 Å². The fourth-order valence-electron chi connectivity index (χ4n) is 4.03. The fraction of sp³-hybridized carbons (Fsp3) is 0.400. The number of nitrogens with one attached hydrogen (secondary N) is 3. The highest BCUT2D eigenvalue weighted by molar-refractivity contribution is 5.83. The zero-order valence-corrected chi connectivity index (χ0v) is 18.4. The summed E-state index contributed by atoms with van der Waals surface area (Å²) in [4.78, 5) is 10.7. The first kappa shape index (κ1) is 21.4. The van der Waals surface area contributed by atoms with E-state index in [1.54, 1.807) is 0 Å². The maximum atomic E-state index is 5.48. The molecule has 6 heteroatoms. The van der Waals surface area contributed by atoms with Crippen molar-refractivity contribution in [3.63, 3.8) is 0 Å². The number of guanidine groups is 1. The highest BCUT2D eigenvalue weighted by atomic mass is 16.5. The van der Waals surface area contributed by atoms with Crippen molar-refractivity contribution in [3.05, 3.63) is 71.4 Å². The lowest BCUT2D eigenvalue weighted by Crippen LogP contribution is -2.38. The van der Waals surface area contributed by atoms with E-state index in [-0.39, 0.29) is 0 Å². The van der Waals surface area contributed by atoms with Crippen molar-refractivity contribution < 1.29 is 4.74 Å². The van der Waals surface area contributed by atoms with Crippen LogP contribution in [0.25, 0.3) is 10.9 Å². The van der Waals surface area contributed by atoms with Crippen molar-refractivity contribution in [1.82, 2.24) is 20.5 Å². The summed E-state index contributed by atoms with van der Waals surface area (Å²) >= 11 is 0. The van der Waals surface area contributed by atoms with Crippen LogP contribution in [-0.4, -0.2) is 55.2 Å². The van der Waals surface area contributed by atoms with E-state index >= 15 is 0 Å². The number of hydrogen-bond acceptors (Lipinski definition) is 3. The van der Waals surface area contributed by atoms with Crippen molar-refractivity contribution >= 4 is 16.9 Å². The number of benzene rings is 2. The Labute approximate surface area is 184 Å². The monoisotopic (exact) mass is 419 g/mol. The van der Waals surface area contributed by atoms with E-state index < -0.39 is 0 Å². The van der Waals surface area contributed by atoms with Gasteiger partial charge in [-0.3, -0.25) is 4.90 Å². The summed E-state index contributed by atoms with van der Waals surface area (Å²) in [6.45, 7) is 9.05. The van der Waals surface area contributed by atoms with Gasteiger partial charge in [0.15, 0.2) is 5.96 Å². The topological polar surface area (TPSA) is 64.7 Å². The Morgan fingerprint density at radius 3 is 2.61 bits per heavy atom. The molecule has 0 spiro atoms. The zero-order chi connectivity index (χ0) is 21.3. The Bertz CT molecular complexity index is 990. The molecule has 0 aliphatic carbocycles. The van der Waals surface area contributed by atoms with Crippen LogP contribution in [-0.2, 0) is 24.2 Å². The molecule has 4 rings (SSSR count). The van der Waals surface area contributed by atoms with Gasteiger partial charge in [-0.05, 0) is 36.1 Å². The van der Waals surface area contributed by atoms with Gasteiger partial charge in [-0.15, -0.1) is 0 Å². The molecular formula is C25H33N5O. The van der Waals surface area contributed by atoms with Gasteiger partial charge in [0.25, 0.3) is 0 Å². The third-order valence-corrected chi connectivity index (χ3v) is 5.73. The smallest absolute Gasteiger partial charge is 0.191 e. The Morgan fingerprint density at radius 1 is 1.00 bits per heavy atom. The Balaban J connectivity index is 1.36. The van der Waals surface area contributed by atoms with Crippen LogP contribution in [0.2, 0.25) is 0 Å². The normalized spacial score (nSPS) is 15.3. The zero-order valence-electron chi connectivity index (χ0n) is 18.4. The van der Waals surface area contributed by atoms with Crippen LogP contribution >= 0.6 is 0 Å². The Kier molecular flexibility index (Phi) is 7.58. The number of ether oxygens (including phenoxy) is 1. The molecule has 6 nitrogen and oxygen atoms in total. The molecule has 1 aliphatic heterocycles. The SMILES string of the molecule is CCNC(=NCc1ccccc1CN1CCOCC1)NCCc1c[nH]c2ccccc12. The first-order chi connectivity index (χ1) is 15.3. The number of hydrogen-bond donors (Lipinski definition) is 3. The van der Waals surface area contributed by atoms with Crippen molar-refractivity contribution in [3.8, 4) is 0 Å². The molecule has 0 unspecified atom stereocenters. The molecule has 0 amide bonds. The van der Waals surface area contributed by atoms with E-state index in [4.69, 9.17) is 9.73 Å². The molecule has 1 saturated heterocycles. The standard InChI is InChI=1S/C25H33N5O/c1-2-26-25(27-12-11-21-18-28-24-10-6-5-9-23(21)24)29-17-20-7-3-4-8-22(20)19-30-13-15-31-16-14-30/h3-10,18,28H,2,11-17,19H2,1H3,(H2,26,27,29). The molecule has 3 aromatic rings. The van der Waals surface area contributed by atoms with Gasteiger partial charge in [0.2, 0.25) is 0 Å². The third kappa shape index (κ3) is 5.87. The number of rotatable bonds is 8. The molecule has 1 fully saturated rings. The lowest BCUT2D eigenvalue weighted by atomic mass is 10.1. The molecule has 164 valence electrons. The molecule has 1 aromatic heterocycles. The second kappa shape index (κ2) is 11.0. The molecule has 31 heavy (non-hydrogen) atoms. The average Bonchev–Trinajstić information content (AvgIpc) is 3.22. The van der Waals surface area contributed by atoms with Crippen LogP contribution in [0, 0.1) is 0 Å². The molecule has 2 aromatic carbocycles. The first-order valence-electron chi connectivity index (χ1n) is 11.3. The van der Waals surface area contributed by atoms with Gasteiger partial charge in [-0.25, -0.2) is 4.99 Å². The molecule has 2 heterocycles. The number of aliphatic imine (C=N–C) groups is 1. The molecule has 0 saturated carbocycles. The van der Waals surface area contributed by atoms with Crippen LogP contribution in [0.5, 0.6) is 0 Å². The van der Waals surface area contributed by atoms with Gasteiger partial charge in [-0.2, -0.15) is 0 Å². The molecule has 1 aliphatic rings. The van der Waals surface area contributed by atoms with Crippen LogP contribution in [0.1, 0.15) is 23.6 Å². The largest absolute Gasteiger partial charge is 0.379 e.